The minimum atomic E-state index is -0.982. The highest BCUT2D eigenvalue weighted by Crippen LogP contribution is 2.29. The molecule has 0 spiro atoms. The van der Waals surface area contributed by atoms with Crippen LogP contribution in [0, 0.1) is 17.8 Å². The van der Waals surface area contributed by atoms with Gasteiger partial charge in [-0.05, 0) is 50.0 Å². The molecule has 0 radical (unpaired) electrons. The number of benzene rings is 1. The number of urea groups is 1. The minimum Gasteiger partial charge on any atom is -0.379 e. The molecule has 13 nitrogen and oxygen atoms in total. The average molecular weight is 699 g/mol. The van der Waals surface area contributed by atoms with Gasteiger partial charge in [0.15, 0.2) is 5.78 Å². The van der Waals surface area contributed by atoms with E-state index in [4.69, 9.17) is 9.47 Å². The molecule has 4 rings (SSSR count). The molecule has 3 aliphatic heterocycles. The number of piperidine rings is 1. The van der Waals surface area contributed by atoms with E-state index >= 15 is 0 Å². The Morgan fingerprint density at radius 1 is 0.820 bits per heavy atom. The number of ether oxygens (including phenoxy) is 2. The molecule has 3 heterocycles. The number of Topliss-reactive ketones (excluding diaryl/α,β-unsaturated/α-hetero) is 1. The van der Waals surface area contributed by atoms with Gasteiger partial charge in [0.1, 0.15) is 17.7 Å². The fraction of sp³-hybridized carbons (Fsp3) is 0.703. The summed E-state index contributed by atoms with van der Waals surface area (Å²) in [5.41, 5.74) is -0.0616. The summed E-state index contributed by atoms with van der Waals surface area (Å²) in [6, 6.07) is 6.36. The average Bonchev–Trinajstić information content (AvgIpc) is 3.85. The molecule has 1 aromatic rings. The number of nitrogens with one attached hydrogen (secondary N) is 4. The van der Waals surface area contributed by atoms with Gasteiger partial charge in [0, 0.05) is 51.6 Å². The molecule has 0 bridgehead atoms. The van der Waals surface area contributed by atoms with Crippen LogP contribution in [0.3, 0.4) is 0 Å². The molecule has 1 aromatic carbocycles. The van der Waals surface area contributed by atoms with E-state index in [0.717, 1.165) is 25.2 Å². The Hall–Kier alpha value is -3.55. The van der Waals surface area contributed by atoms with Crippen LogP contribution in [0.1, 0.15) is 65.9 Å². The van der Waals surface area contributed by atoms with Crippen LogP contribution in [-0.4, -0.2) is 122 Å². The predicted octanol–water partition coefficient (Wildman–Crippen LogP) is 1.89. The molecule has 5 amide bonds. The molecule has 0 saturated carbocycles. The number of amides is 5. The highest BCUT2D eigenvalue weighted by molar-refractivity contribution is 5.98. The molecule has 3 aliphatic rings. The standard InChI is InChI=1S/C37H58N6O7/c1-25(2)21-29(32(44)37(5)24-50-37)39-35(47)31(23-27-9-7-6-8-10-27)40-34(46)30(22-26(3)4)41-36(48)43-14-11-28(12-15-43)33(45)38-13-16-42-17-19-49-20-18-42/h6-10,25-26,28-31H,11-24H2,1-5H3,(H,38,45)(H,39,47)(H,40,46)(H,41,48). The summed E-state index contributed by atoms with van der Waals surface area (Å²) >= 11 is 0. The zero-order valence-electron chi connectivity index (χ0n) is 30.5. The largest absolute Gasteiger partial charge is 0.379 e. The van der Waals surface area contributed by atoms with Crippen molar-refractivity contribution in [2.45, 2.75) is 90.4 Å². The monoisotopic (exact) mass is 698 g/mol. The highest BCUT2D eigenvalue weighted by Gasteiger charge is 2.50. The first-order valence-corrected chi connectivity index (χ1v) is 18.3. The maximum absolute atomic E-state index is 13.9. The van der Waals surface area contributed by atoms with E-state index in [1.54, 1.807) is 11.8 Å². The van der Waals surface area contributed by atoms with Crippen LogP contribution in [0.2, 0.25) is 0 Å². The van der Waals surface area contributed by atoms with Crippen molar-refractivity contribution in [1.82, 2.24) is 31.1 Å². The number of epoxide rings is 1. The van der Waals surface area contributed by atoms with Gasteiger partial charge in [-0.15, -0.1) is 0 Å². The predicted molar refractivity (Wildman–Crippen MR) is 189 cm³/mol. The topological polar surface area (TPSA) is 162 Å². The summed E-state index contributed by atoms with van der Waals surface area (Å²) in [5.74, 6) is -1.06. The van der Waals surface area contributed by atoms with Gasteiger partial charge < -0.3 is 35.6 Å². The lowest BCUT2D eigenvalue weighted by molar-refractivity contribution is -0.133. The minimum absolute atomic E-state index is 0.00853. The number of hydrogen-bond acceptors (Lipinski definition) is 8. The van der Waals surface area contributed by atoms with Gasteiger partial charge in [0.05, 0.1) is 25.9 Å². The smallest absolute Gasteiger partial charge is 0.318 e. The Bertz CT molecular complexity index is 1290. The number of ketones is 1. The molecule has 4 atom stereocenters. The van der Waals surface area contributed by atoms with Crippen molar-refractivity contribution in [3.05, 3.63) is 35.9 Å². The molecule has 278 valence electrons. The Kier molecular flexibility index (Phi) is 14.6. The summed E-state index contributed by atoms with van der Waals surface area (Å²) in [4.78, 5) is 71.1. The molecule has 4 unspecified atom stereocenters. The Morgan fingerprint density at radius 2 is 1.40 bits per heavy atom. The second-order valence-corrected chi connectivity index (χ2v) is 15.0. The van der Waals surface area contributed by atoms with Crippen molar-refractivity contribution in [2.75, 3.05) is 59.1 Å². The number of carbonyl (C=O) groups excluding carboxylic acids is 5. The Balaban J connectivity index is 1.35. The van der Waals surface area contributed by atoms with Crippen LogP contribution in [0.25, 0.3) is 0 Å². The molecule has 4 N–H and O–H groups in total. The fourth-order valence-corrected chi connectivity index (χ4v) is 6.52. The number of likely N-dealkylation sites (tertiary alicyclic amines) is 1. The lowest BCUT2D eigenvalue weighted by Crippen LogP contribution is -2.58. The van der Waals surface area contributed by atoms with Crippen molar-refractivity contribution in [2.24, 2.45) is 17.8 Å². The van der Waals surface area contributed by atoms with Crippen molar-refractivity contribution in [1.29, 1.82) is 0 Å². The summed E-state index contributed by atoms with van der Waals surface area (Å²) < 4.78 is 10.8. The van der Waals surface area contributed by atoms with Gasteiger partial charge >= 0.3 is 6.03 Å². The number of hydrogen-bond donors (Lipinski definition) is 4. The first kappa shape index (κ1) is 39.2. The molecule has 3 saturated heterocycles. The van der Waals surface area contributed by atoms with Gasteiger partial charge in [-0.1, -0.05) is 58.0 Å². The Labute approximate surface area is 296 Å². The first-order chi connectivity index (χ1) is 23.8. The third kappa shape index (κ3) is 12.1. The van der Waals surface area contributed by atoms with Crippen LogP contribution in [-0.2, 0) is 35.1 Å². The lowest BCUT2D eigenvalue weighted by Gasteiger charge is -2.33. The van der Waals surface area contributed by atoms with Gasteiger partial charge in [-0.2, -0.15) is 0 Å². The van der Waals surface area contributed by atoms with E-state index in [9.17, 15) is 24.0 Å². The van der Waals surface area contributed by atoms with Crippen molar-refractivity contribution < 1.29 is 33.4 Å². The number of rotatable bonds is 17. The van der Waals surface area contributed by atoms with E-state index < -0.39 is 35.5 Å². The maximum atomic E-state index is 13.9. The molecule has 0 aromatic heterocycles. The van der Waals surface area contributed by atoms with Gasteiger partial charge in [0.25, 0.3) is 0 Å². The molecule has 0 aliphatic carbocycles. The number of nitrogens with zero attached hydrogens (tertiary/aromatic N) is 2. The quantitative estimate of drug-likeness (QED) is 0.180. The van der Waals surface area contributed by atoms with E-state index in [2.05, 4.69) is 26.2 Å². The van der Waals surface area contributed by atoms with Gasteiger partial charge in [-0.25, -0.2) is 4.79 Å². The van der Waals surface area contributed by atoms with Crippen LogP contribution in [0.15, 0.2) is 30.3 Å². The second kappa shape index (κ2) is 18.6. The van der Waals surface area contributed by atoms with Crippen molar-refractivity contribution in [3.63, 3.8) is 0 Å². The maximum Gasteiger partial charge on any atom is 0.318 e. The zero-order valence-corrected chi connectivity index (χ0v) is 30.5. The van der Waals surface area contributed by atoms with Crippen molar-refractivity contribution >= 4 is 29.5 Å². The SMILES string of the molecule is CC(C)CC(NC(=O)N1CCC(C(=O)NCCN2CCOCC2)CC1)C(=O)NC(Cc1ccccc1)C(=O)NC(CC(C)C)C(=O)C1(C)CO1. The summed E-state index contributed by atoms with van der Waals surface area (Å²) in [6.07, 6.45) is 2.09. The second-order valence-electron chi connectivity index (χ2n) is 15.0. The lowest BCUT2D eigenvalue weighted by atomic mass is 9.93. The summed E-state index contributed by atoms with van der Waals surface area (Å²) in [7, 11) is 0. The van der Waals surface area contributed by atoms with Crippen LogP contribution in [0.4, 0.5) is 4.79 Å². The van der Waals surface area contributed by atoms with Crippen LogP contribution in [0.5, 0.6) is 0 Å². The summed E-state index contributed by atoms with van der Waals surface area (Å²) in [6.45, 7) is 15.3. The van der Waals surface area contributed by atoms with E-state index in [1.807, 2.05) is 58.0 Å². The molecule has 13 heteroatoms. The summed E-state index contributed by atoms with van der Waals surface area (Å²) in [5, 5.41) is 11.8. The Morgan fingerprint density at radius 3 is 2.00 bits per heavy atom. The van der Waals surface area contributed by atoms with Gasteiger partial charge in [-0.3, -0.25) is 24.1 Å². The molecule has 50 heavy (non-hydrogen) atoms. The number of morpholine rings is 1. The van der Waals surface area contributed by atoms with Crippen LogP contribution >= 0.6 is 0 Å². The third-order valence-electron chi connectivity index (χ3n) is 9.66. The normalized spacial score (nSPS) is 21.6. The molecule has 3 fully saturated rings. The molecular formula is C37H58N6O7. The highest BCUT2D eigenvalue weighted by atomic mass is 16.6. The first-order valence-electron chi connectivity index (χ1n) is 18.3. The third-order valence-corrected chi connectivity index (χ3v) is 9.66. The fourth-order valence-electron chi connectivity index (χ4n) is 6.52. The van der Waals surface area contributed by atoms with Gasteiger partial charge in [0.2, 0.25) is 17.7 Å². The van der Waals surface area contributed by atoms with E-state index in [0.29, 0.717) is 65.1 Å². The molecular weight excluding hydrogens is 640 g/mol. The van der Waals surface area contributed by atoms with Crippen LogP contribution < -0.4 is 21.3 Å². The van der Waals surface area contributed by atoms with Crippen molar-refractivity contribution in [3.8, 4) is 0 Å². The zero-order chi connectivity index (χ0) is 36.3. The van der Waals surface area contributed by atoms with E-state index in [1.165, 1.54) is 0 Å². The number of carbonyl (C=O) groups is 5. The van der Waals surface area contributed by atoms with E-state index in [-0.39, 0.29) is 41.9 Å².